The normalized spacial score (nSPS) is 10.4. The highest BCUT2D eigenvalue weighted by Gasteiger charge is 2.10. The number of imidazole rings is 1. The number of amides is 1. The van der Waals surface area contributed by atoms with Gasteiger partial charge in [0.15, 0.2) is 0 Å². The summed E-state index contributed by atoms with van der Waals surface area (Å²) in [5.41, 5.74) is 7.48. The number of carbonyl (C=O) groups is 1. The lowest BCUT2D eigenvalue weighted by molar-refractivity contribution is -0.130. The molecule has 0 aliphatic rings. The second-order valence-electron chi connectivity index (χ2n) is 4.53. The lowest BCUT2D eigenvalue weighted by Crippen LogP contribution is -2.26. The topological polar surface area (TPSA) is 75.0 Å². The molecule has 19 heavy (non-hydrogen) atoms. The van der Waals surface area contributed by atoms with Gasteiger partial charge in [0, 0.05) is 31.5 Å². The van der Waals surface area contributed by atoms with Crippen LogP contribution in [0.3, 0.4) is 0 Å². The molecular weight excluding hydrogens is 240 g/mol. The molecule has 0 fully saturated rings. The second-order valence-corrected chi connectivity index (χ2v) is 4.53. The van der Waals surface area contributed by atoms with Crippen LogP contribution in [-0.4, -0.2) is 27.8 Å². The number of nitrogen functional groups attached to an aromatic ring is 1. The van der Waals surface area contributed by atoms with E-state index in [1.165, 1.54) is 0 Å². The van der Waals surface area contributed by atoms with Gasteiger partial charge in [-0.1, -0.05) is 12.1 Å². The van der Waals surface area contributed by atoms with E-state index in [0.29, 0.717) is 13.0 Å². The van der Waals surface area contributed by atoms with Gasteiger partial charge >= 0.3 is 0 Å². The van der Waals surface area contributed by atoms with Crippen molar-refractivity contribution in [2.24, 2.45) is 0 Å². The number of nitrogens with one attached hydrogen (secondary N) is 1. The summed E-state index contributed by atoms with van der Waals surface area (Å²) in [5.74, 6) is 0.900. The van der Waals surface area contributed by atoms with Crippen LogP contribution >= 0.6 is 0 Å². The predicted octanol–water partition coefficient (Wildman–Crippen LogP) is 1.58. The molecule has 0 spiro atoms. The lowest BCUT2D eigenvalue weighted by atomic mass is 10.1. The van der Waals surface area contributed by atoms with Crippen LogP contribution in [0.15, 0.2) is 36.7 Å². The number of nitrogens with zero attached hydrogens (tertiary/aromatic N) is 2. The Morgan fingerprint density at radius 1 is 1.37 bits per heavy atom. The quantitative estimate of drug-likeness (QED) is 0.800. The molecule has 0 saturated carbocycles. The monoisotopic (exact) mass is 258 g/mol. The molecule has 0 aliphatic heterocycles. The summed E-state index contributed by atoms with van der Waals surface area (Å²) in [6.45, 7) is 0.508. The van der Waals surface area contributed by atoms with Gasteiger partial charge in [0.1, 0.15) is 5.82 Å². The Bertz CT molecular complexity index is 519. The molecule has 5 nitrogen and oxygen atoms in total. The van der Waals surface area contributed by atoms with E-state index in [4.69, 9.17) is 5.73 Å². The summed E-state index contributed by atoms with van der Waals surface area (Å²) in [6, 6.07) is 7.61. The number of hydrogen-bond acceptors (Lipinski definition) is 3. The Morgan fingerprint density at radius 3 is 2.74 bits per heavy atom. The number of rotatable bonds is 5. The summed E-state index contributed by atoms with van der Waals surface area (Å²) in [6.07, 6.45) is 4.65. The van der Waals surface area contributed by atoms with Gasteiger partial charge in [-0.15, -0.1) is 0 Å². The number of aromatic amines is 1. The van der Waals surface area contributed by atoms with Crippen LogP contribution in [-0.2, 0) is 17.8 Å². The Hall–Kier alpha value is -2.30. The number of benzene rings is 1. The van der Waals surface area contributed by atoms with Crippen molar-refractivity contribution >= 4 is 11.6 Å². The Kier molecular flexibility index (Phi) is 4.18. The third-order valence-electron chi connectivity index (χ3n) is 2.97. The van der Waals surface area contributed by atoms with Crippen LogP contribution in [0.25, 0.3) is 0 Å². The molecule has 2 rings (SSSR count). The molecule has 5 heteroatoms. The highest BCUT2D eigenvalue weighted by atomic mass is 16.2. The van der Waals surface area contributed by atoms with E-state index < -0.39 is 0 Å². The van der Waals surface area contributed by atoms with Crippen LogP contribution < -0.4 is 5.73 Å². The Labute approximate surface area is 112 Å². The van der Waals surface area contributed by atoms with Gasteiger partial charge in [-0.05, 0) is 24.1 Å². The van der Waals surface area contributed by atoms with Crippen LogP contribution in [0.4, 0.5) is 5.69 Å². The largest absolute Gasteiger partial charge is 0.399 e. The first-order valence-electron chi connectivity index (χ1n) is 6.22. The SMILES string of the molecule is CN(Cc1ncc[nH]1)C(=O)CCc1ccc(N)cc1. The van der Waals surface area contributed by atoms with Gasteiger partial charge in [0.05, 0.1) is 6.54 Å². The van der Waals surface area contributed by atoms with Crippen LogP contribution in [0.5, 0.6) is 0 Å². The summed E-state index contributed by atoms with van der Waals surface area (Å²) < 4.78 is 0. The number of aromatic nitrogens is 2. The molecular formula is C14H18N4O. The third-order valence-corrected chi connectivity index (χ3v) is 2.97. The molecule has 100 valence electrons. The first-order valence-corrected chi connectivity index (χ1v) is 6.22. The third kappa shape index (κ3) is 3.84. The minimum atomic E-state index is 0.105. The van der Waals surface area contributed by atoms with Crippen molar-refractivity contribution in [3.8, 4) is 0 Å². The summed E-state index contributed by atoms with van der Waals surface area (Å²) in [5, 5.41) is 0. The van der Waals surface area contributed by atoms with Crippen LogP contribution in [0, 0.1) is 0 Å². The average Bonchev–Trinajstić information content (AvgIpc) is 2.90. The summed E-state index contributed by atoms with van der Waals surface area (Å²) >= 11 is 0. The average molecular weight is 258 g/mol. The van der Waals surface area contributed by atoms with Crippen molar-refractivity contribution in [2.75, 3.05) is 12.8 Å². The molecule has 0 atom stereocenters. The van der Waals surface area contributed by atoms with Crippen molar-refractivity contribution < 1.29 is 4.79 Å². The number of aryl methyl sites for hydroxylation is 1. The van der Waals surface area contributed by atoms with Crippen LogP contribution in [0.2, 0.25) is 0 Å². The van der Waals surface area contributed by atoms with Gasteiger partial charge in [0.2, 0.25) is 5.91 Å². The van der Waals surface area contributed by atoms with Crippen molar-refractivity contribution in [1.29, 1.82) is 0 Å². The molecule has 1 amide bonds. The number of H-pyrrole nitrogens is 1. The fourth-order valence-corrected chi connectivity index (χ4v) is 1.82. The fraction of sp³-hybridized carbons (Fsp3) is 0.286. The molecule has 2 aromatic rings. The molecule has 0 aliphatic carbocycles. The zero-order chi connectivity index (χ0) is 13.7. The molecule has 0 saturated heterocycles. The molecule has 1 aromatic carbocycles. The minimum Gasteiger partial charge on any atom is -0.399 e. The highest BCUT2D eigenvalue weighted by Crippen LogP contribution is 2.09. The smallest absolute Gasteiger partial charge is 0.223 e. The van der Waals surface area contributed by atoms with E-state index in [1.54, 1.807) is 24.3 Å². The van der Waals surface area contributed by atoms with Gasteiger partial charge < -0.3 is 15.6 Å². The van der Waals surface area contributed by atoms with Crippen LogP contribution in [0.1, 0.15) is 17.8 Å². The van der Waals surface area contributed by atoms with E-state index in [-0.39, 0.29) is 5.91 Å². The maximum Gasteiger partial charge on any atom is 0.223 e. The maximum atomic E-state index is 12.0. The molecule has 0 unspecified atom stereocenters. The molecule has 0 radical (unpaired) electrons. The van der Waals surface area contributed by atoms with E-state index in [0.717, 1.165) is 23.5 Å². The summed E-state index contributed by atoms with van der Waals surface area (Å²) in [7, 11) is 1.79. The van der Waals surface area contributed by atoms with Gasteiger partial charge in [-0.2, -0.15) is 0 Å². The minimum absolute atomic E-state index is 0.105. The molecule has 1 heterocycles. The van der Waals surface area contributed by atoms with Gasteiger partial charge in [0.25, 0.3) is 0 Å². The number of hydrogen-bond donors (Lipinski definition) is 2. The van der Waals surface area contributed by atoms with E-state index in [2.05, 4.69) is 9.97 Å². The maximum absolute atomic E-state index is 12.0. The first-order chi connectivity index (χ1) is 9.15. The second kappa shape index (κ2) is 6.04. The van der Waals surface area contributed by atoms with E-state index in [1.807, 2.05) is 24.3 Å². The zero-order valence-electron chi connectivity index (χ0n) is 11.0. The molecule has 0 bridgehead atoms. The van der Waals surface area contributed by atoms with Crippen molar-refractivity contribution in [2.45, 2.75) is 19.4 Å². The predicted molar refractivity (Wildman–Crippen MR) is 74.2 cm³/mol. The Balaban J connectivity index is 1.82. The van der Waals surface area contributed by atoms with E-state index >= 15 is 0 Å². The van der Waals surface area contributed by atoms with Crippen molar-refractivity contribution in [3.63, 3.8) is 0 Å². The van der Waals surface area contributed by atoms with E-state index in [9.17, 15) is 4.79 Å². The Morgan fingerprint density at radius 2 is 2.11 bits per heavy atom. The van der Waals surface area contributed by atoms with Crippen molar-refractivity contribution in [1.82, 2.24) is 14.9 Å². The van der Waals surface area contributed by atoms with Gasteiger partial charge in [-0.3, -0.25) is 4.79 Å². The van der Waals surface area contributed by atoms with Crippen molar-refractivity contribution in [3.05, 3.63) is 48.0 Å². The molecule has 3 N–H and O–H groups in total. The number of nitrogens with two attached hydrogens (primary N) is 1. The van der Waals surface area contributed by atoms with Gasteiger partial charge in [-0.25, -0.2) is 4.98 Å². The number of carbonyl (C=O) groups excluding carboxylic acids is 1. The lowest BCUT2D eigenvalue weighted by Gasteiger charge is -2.15. The standard InChI is InChI=1S/C14H18N4O/c1-18(10-13-16-8-9-17-13)14(19)7-4-11-2-5-12(15)6-3-11/h2-3,5-6,8-9H,4,7,10,15H2,1H3,(H,16,17). The fourth-order valence-electron chi connectivity index (χ4n) is 1.82. The highest BCUT2D eigenvalue weighted by molar-refractivity contribution is 5.76. The zero-order valence-corrected chi connectivity index (χ0v) is 11.0. The summed E-state index contributed by atoms with van der Waals surface area (Å²) in [4.78, 5) is 20.7. The molecule has 1 aromatic heterocycles. The number of anilines is 1. The first kappa shape index (κ1) is 13.1.